The van der Waals surface area contributed by atoms with Gasteiger partial charge in [-0.25, -0.2) is 9.36 Å². The number of nitrogens with one attached hydrogen (secondary N) is 1. The standard InChI is InChI=1S/C22H21N5O2/c1-2-29-16-26-14-18(13-23-26)24-22(28)20-15-27(19-11-7-4-8-12-19)25-21(20)17-9-5-3-6-10-17/h3-15H,2,16H2,1H3,(H,24,28). The number of hydrogen-bond donors (Lipinski definition) is 1. The molecule has 0 spiro atoms. The van der Waals surface area contributed by atoms with E-state index >= 15 is 0 Å². The van der Waals surface area contributed by atoms with Gasteiger partial charge in [0, 0.05) is 18.4 Å². The molecule has 4 rings (SSSR count). The fourth-order valence-electron chi connectivity index (χ4n) is 2.94. The highest BCUT2D eigenvalue weighted by Gasteiger charge is 2.19. The van der Waals surface area contributed by atoms with E-state index in [1.54, 1.807) is 28.0 Å². The lowest BCUT2D eigenvalue weighted by atomic mass is 10.1. The van der Waals surface area contributed by atoms with Crippen LogP contribution in [0.4, 0.5) is 5.69 Å². The third-order valence-electron chi connectivity index (χ3n) is 4.35. The molecule has 2 heterocycles. The molecule has 1 N–H and O–H groups in total. The number of rotatable bonds is 7. The third kappa shape index (κ3) is 4.25. The summed E-state index contributed by atoms with van der Waals surface area (Å²) in [7, 11) is 0. The Hall–Kier alpha value is -3.71. The maximum Gasteiger partial charge on any atom is 0.259 e. The minimum absolute atomic E-state index is 0.248. The maximum atomic E-state index is 13.0. The minimum atomic E-state index is -0.248. The Morgan fingerprint density at radius 3 is 2.48 bits per heavy atom. The molecule has 2 aromatic carbocycles. The predicted octanol–water partition coefficient (Wildman–Crippen LogP) is 3.98. The van der Waals surface area contributed by atoms with Crippen LogP contribution < -0.4 is 5.32 Å². The molecule has 0 bridgehead atoms. The van der Waals surface area contributed by atoms with E-state index in [9.17, 15) is 4.79 Å². The van der Waals surface area contributed by atoms with Crippen LogP contribution in [0.3, 0.4) is 0 Å². The van der Waals surface area contributed by atoms with E-state index in [4.69, 9.17) is 4.74 Å². The topological polar surface area (TPSA) is 74.0 Å². The molecule has 0 unspecified atom stereocenters. The largest absolute Gasteiger partial charge is 0.360 e. The lowest BCUT2D eigenvalue weighted by molar-refractivity contribution is 0.0792. The van der Waals surface area contributed by atoms with Crippen molar-refractivity contribution in [2.45, 2.75) is 13.7 Å². The zero-order valence-corrected chi connectivity index (χ0v) is 16.0. The number of aromatic nitrogens is 4. The molecule has 29 heavy (non-hydrogen) atoms. The van der Waals surface area contributed by atoms with Gasteiger partial charge in [-0.3, -0.25) is 4.79 Å². The zero-order chi connectivity index (χ0) is 20.1. The lowest BCUT2D eigenvalue weighted by Crippen LogP contribution is -2.12. The van der Waals surface area contributed by atoms with Crippen molar-refractivity contribution in [3.63, 3.8) is 0 Å². The second kappa shape index (κ2) is 8.53. The summed E-state index contributed by atoms with van der Waals surface area (Å²) >= 11 is 0. The first kappa shape index (κ1) is 18.6. The highest BCUT2D eigenvalue weighted by molar-refractivity contribution is 6.08. The van der Waals surface area contributed by atoms with Crippen molar-refractivity contribution in [3.8, 4) is 16.9 Å². The first-order chi connectivity index (χ1) is 14.2. The molecule has 0 radical (unpaired) electrons. The van der Waals surface area contributed by atoms with Gasteiger partial charge in [0.2, 0.25) is 0 Å². The van der Waals surface area contributed by atoms with Crippen LogP contribution in [0.15, 0.2) is 79.3 Å². The number of nitrogens with zero attached hydrogens (tertiary/aromatic N) is 4. The van der Waals surface area contributed by atoms with Gasteiger partial charge in [-0.05, 0) is 19.1 Å². The minimum Gasteiger partial charge on any atom is -0.360 e. The molecule has 2 aromatic heterocycles. The van der Waals surface area contributed by atoms with Crippen LogP contribution >= 0.6 is 0 Å². The second-order valence-corrected chi connectivity index (χ2v) is 6.38. The molecule has 4 aromatic rings. The molecule has 0 aliphatic rings. The van der Waals surface area contributed by atoms with E-state index in [0.29, 0.717) is 30.3 Å². The summed E-state index contributed by atoms with van der Waals surface area (Å²) in [6.07, 6.45) is 5.08. The molecule has 0 aliphatic carbocycles. The van der Waals surface area contributed by atoms with Gasteiger partial charge in [-0.2, -0.15) is 10.2 Å². The van der Waals surface area contributed by atoms with Gasteiger partial charge >= 0.3 is 0 Å². The van der Waals surface area contributed by atoms with E-state index < -0.39 is 0 Å². The van der Waals surface area contributed by atoms with Crippen LogP contribution in [-0.2, 0) is 11.5 Å². The molecule has 7 heteroatoms. The Bertz CT molecular complexity index is 1090. The molecular formula is C22H21N5O2. The van der Waals surface area contributed by atoms with E-state index in [1.807, 2.05) is 67.6 Å². The SMILES string of the molecule is CCOCn1cc(NC(=O)c2cn(-c3ccccc3)nc2-c2ccccc2)cn1. The van der Waals surface area contributed by atoms with Crippen LogP contribution in [0.2, 0.25) is 0 Å². The number of carbonyl (C=O) groups is 1. The molecule has 0 saturated heterocycles. The van der Waals surface area contributed by atoms with Crippen molar-refractivity contribution in [2.75, 3.05) is 11.9 Å². The van der Waals surface area contributed by atoms with Crippen LogP contribution in [0.1, 0.15) is 17.3 Å². The summed E-state index contributed by atoms with van der Waals surface area (Å²) in [6, 6.07) is 19.4. The van der Waals surface area contributed by atoms with E-state index in [1.165, 1.54) is 0 Å². The van der Waals surface area contributed by atoms with Crippen molar-refractivity contribution < 1.29 is 9.53 Å². The highest BCUT2D eigenvalue weighted by Crippen LogP contribution is 2.24. The monoisotopic (exact) mass is 387 g/mol. The third-order valence-corrected chi connectivity index (χ3v) is 4.35. The van der Waals surface area contributed by atoms with Crippen molar-refractivity contribution in [3.05, 3.63) is 84.8 Å². The van der Waals surface area contributed by atoms with E-state index in [2.05, 4.69) is 15.5 Å². The predicted molar refractivity (Wildman–Crippen MR) is 111 cm³/mol. The molecule has 7 nitrogen and oxygen atoms in total. The van der Waals surface area contributed by atoms with Crippen molar-refractivity contribution >= 4 is 11.6 Å². The molecule has 1 amide bonds. The van der Waals surface area contributed by atoms with Gasteiger partial charge in [0.15, 0.2) is 0 Å². The Morgan fingerprint density at radius 1 is 1.03 bits per heavy atom. The first-order valence-corrected chi connectivity index (χ1v) is 9.36. The summed E-state index contributed by atoms with van der Waals surface area (Å²) < 4.78 is 8.67. The smallest absolute Gasteiger partial charge is 0.259 e. The summed E-state index contributed by atoms with van der Waals surface area (Å²) in [5, 5.41) is 11.8. The Morgan fingerprint density at radius 2 is 1.76 bits per heavy atom. The number of amides is 1. The van der Waals surface area contributed by atoms with Crippen molar-refractivity contribution in [1.82, 2.24) is 19.6 Å². The normalized spacial score (nSPS) is 10.8. The summed E-state index contributed by atoms with van der Waals surface area (Å²) in [5.74, 6) is -0.248. The maximum absolute atomic E-state index is 13.0. The number of carbonyl (C=O) groups excluding carboxylic acids is 1. The molecule has 146 valence electrons. The Balaban J connectivity index is 1.65. The van der Waals surface area contributed by atoms with E-state index in [0.717, 1.165) is 11.3 Å². The van der Waals surface area contributed by atoms with Gasteiger partial charge in [0.1, 0.15) is 12.4 Å². The number of benzene rings is 2. The Kier molecular flexibility index (Phi) is 5.49. The van der Waals surface area contributed by atoms with Crippen molar-refractivity contribution in [1.29, 1.82) is 0 Å². The van der Waals surface area contributed by atoms with Gasteiger partial charge in [-0.15, -0.1) is 0 Å². The molecular weight excluding hydrogens is 366 g/mol. The summed E-state index contributed by atoms with van der Waals surface area (Å²) in [5.41, 5.74) is 3.46. The molecule has 0 atom stereocenters. The quantitative estimate of drug-likeness (QED) is 0.520. The summed E-state index contributed by atoms with van der Waals surface area (Å²) in [4.78, 5) is 13.0. The van der Waals surface area contributed by atoms with Gasteiger partial charge < -0.3 is 10.1 Å². The van der Waals surface area contributed by atoms with Gasteiger partial charge in [0.25, 0.3) is 5.91 Å². The number of anilines is 1. The first-order valence-electron chi connectivity index (χ1n) is 9.36. The Labute approximate surface area is 168 Å². The average Bonchev–Trinajstić information content (AvgIpc) is 3.41. The molecule has 0 saturated carbocycles. The van der Waals surface area contributed by atoms with Gasteiger partial charge in [-0.1, -0.05) is 48.5 Å². The fraction of sp³-hybridized carbons (Fsp3) is 0.136. The summed E-state index contributed by atoms with van der Waals surface area (Å²) in [6.45, 7) is 2.86. The highest BCUT2D eigenvalue weighted by atomic mass is 16.5. The second-order valence-electron chi connectivity index (χ2n) is 6.38. The van der Waals surface area contributed by atoms with Crippen LogP contribution in [-0.4, -0.2) is 32.1 Å². The average molecular weight is 387 g/mol. The van der Waals surface area contributed by atoms with Crippen LogP contribution in [0, 0.1) is 0 Å². The van der Waals surface area contributed by atoms with Crippen LogP contribution in [0.25, 0.3) is 16.9 Å². The van der Waals surface area contributed by atoms with Gasteiger partial charge in [0.05, 0.1) is 29.3 Å². The zero-order valence-electron chi connectivity index (χ0n) is 16.0. The molecule has 0 fully saturated rings. The number of para-hydroxylation sites is 1. The van der Waals surface area contributed by atoms with Crippen molar-refractivity contribution in [2.24, 2.45) is 0 Å². The van der Waals surface area contributed by atoms with Crippen LogP contribution in [0.5, 0.6) is 0 Å². The van der Waals surface area contributed by atoms with E-state index in [-0.39, 0.29) is 5.91 Å². The number of hydrogen-bond acceptors (Lipinski definition) is 4. The number of ether oxygens (including phenoxy) is 1. The lowest BCUT2D eigenvalue weighted by Gasteiger charge is -2.03. The fourth-order valence-corrected chi connectivity index (χ4v) is 2.94. The molecule has 0 aliphatic heterocycles.